The molecule has 0 fully saturated rings. The molecule has 0 aliphatic carbocycles. The average Bonchev–Trinajstić information content (AvgIpc) is 3.23. The van der Waals surface area contributed by atoms with E-state index in [1.807, 2.05) is 66.5 Å². The second-order valence-electron chi connectivity index (χ2n) is 5.35. The molecule has 2 heterocycles. The number of carbonyl (C=O) groups is 1. The Hall–Kier alpha value is -2.12. The van der Waals surface area contributed by atoms with Crippen LogP contribution in [0.5, 0.6) is 0 Å². The maximum absolute atomic E-state index is 12.3. The molecule has 0 spiro atoms. The summed E-state index contributed by atoms with van der Waals surface area (Å²) in [5, 5.41) is 11.2. The van der Waals surface area contributed by atoms with Gasteiger partial charge in [0.1, 0.15) is 0 Å². The van der Waals surface area contributed by atoms with Gasteiger partial charge in [0, 0.05) is 24.5 Å². The second-order valence-corrected chi connectivity index (χ2v) is 7.32. The first kappa shape index (κ1) is 16.7. The van der Waals surface area contributed by atoms with Gasteiger partial charge in [0.15, 0.2) is 11.0 Å². The van der Waals surface area contributed by atoms with Crippen LogP contribution < -0.4 is 0 Å². The van der Waals surface area contributed by atoms with Crippen LogP contribution in [0.15, 0.2) is 53.0 Å². The molecule has 0 saturated heterocycles. The molecule has 0 unspecified atom stereocenters. The molecule has 2 aromatic heterocycles. The van der Waals surface area contributed by atoms with Gasteiger partial charge in [0.25, 0.3) is 0 Å². The summed E-state index contributed by atoms with van der Waals surface area (Å²) in [6.07, 6.45) is 0. The van der Waals surface area contributed by atoms with Crippen molar-refractivity contribution in [1.29, 1.82) is 0 Å². The summed E-state index contributed by atoms with van der Waals surface area (Å²) < 4.78 is 1.92. The lowest BCUT2D eigenvalue weighted by atomic mass is 10.2. The van der Waals surface area contributed by atoms with Gasteiger partial charge in [-0.25, -0.2) is 0 Å². The van der Waals surface area contributed by atoms with Crippen molar-refractivity contribution < 1.29 is 4.79 Å². The Morgan fingerprint density at radius 2 is 2.00 bits per heavy atom. The minimum atomic E-state index is 0.0812. The Morgan fingerprint density at radius 1 is 1.21 bits per heavy atom. The van der Waals surface area contributed by atoms with Crippen molar-refractivity contribution in [3.05, 3.63) is 52.7 Å². The second kappa shape index (κ2) is 7.63. The molecule has 0 saturated carbocycles. The fourth-order valence-corrected chi connectivity index (χ4v) is 3.85. The van der Waals surface area contributed by atoms with Crippen molar-refractivity contribution in [2.24, 2.45) is 7.05 Å². The maximum atomic E-state index is 12.3. The fraction of sp³-hybridized carbons (Fsp3) is 0.235. The molecule has 124 valence electrons. The highest BCUT2D eigenvalue weighted by molar-refractivity contribution is 7.99. The number of rotatable bonds is 6. The molecule has 0 aliphatic heterocycles. The van der Waals surface area contributed by atoms with Crippen molar-refractivity contribution in [2.45, 2.75) is 11.7 Å². The van der Waals surface area contributed by atoms with E-state index in [2.05, 4.69) is 10.2 Å². The smallest absolute Gasteiger partial charge is 0.233 e. The van der Waals surface area contributed by atoms with Gasteiger partial charge in [-0.2, -0.15) is 0 Å². The summed E-state index contributed by atoms with van der Waals surface area (Å²) in [7, 11) is 3.75. The molecule has 0 bridgehead atoms. The number of benzene rings is 1. The van der Waals surface area contributed by atoms with Crippen LogP contribution in [0.3, 0.4) is 0 Å². The Labute approximate surface area is 149 Å². The molecule has 0 atom stereocenters. The minimum Gasteiger partial charge on any atom is -0.340 e. The number of thioether (sulfide) groups is 1. The van der Waals surface area contributed by atoms with Crippen molar-refractivity contribution in [3.8, 4) is 11.4 Å². The molecular weight excluding hydrogens is 340 g/mol. The lowest BCUT2D eigenvalue weighted by molar-refractivity contribution is -0.127. The number of hydrogen-bond acceptors (Lipinski definition) is 5. The van der Waals surface area contributed by atoms with Crippen LogP contribution in [-0.2, 0) is 18.4 Å². The van der Waals surface area contributed by atoms with Crippen molar-refractivity contribution in [2.75, 3.05) is 12.8 Å². The lowest BCUT2D eigenvalue weighted by Gasteiger charge is -2.15. The van der Waals surface area contributed by atoms with Gasteiger partial charge in [-0.15, -0.1) is 21.5 Å². The van der Waals surface area contributed by atoms with Crippen LogP contribution in [0.4, 0.5) is 0 Å². The van der Waals surface area contributed by atoms with E-state index in [1.165, 1.54) is 16.6 Å². The van der Waals surface area contributed by atoms with Crippen LogP contribution in [-0.4, -0.2) is 38.4 Å². The van der Waals surface area contributed by atoms with Crippen LogP contribution in [0, 0.1) is 0 Å². The summed E-state index contributed by atoms with van der Waals surface area (Å²) in [6, 6.07) is 13.9. The third-order valence-corrected chi connectivity index (χ3v) is 5.46. The quantitative estimate of drug-likeness (QED) is 0.635. The van der Waals surface area contributed by atoms with Gasteiger partial charge >= 0.3 is 0 Å². The van der Waals surface area contributed by atoms with E-state index in [0.29, 0.717) is 12.3 Å². The molecular formula is C17H18N4OS2. The van der Waals surface area contributed by atoms with E-state index < -0.39 is 0 Å². The number of aromatic nitrogens is 3. The largest absolute Gasteiger partial charge is 0.340 e. The molecule has 24 heavy (non-hydrogen) atoms. The average molecular weight is 358 g/mol. The van der Waals surface area contributed by atoms with E-state index in [4.69, 9.17) is 0 Å². The first-order chi connectivity index (χ1) is 11.6. The van der Waals surface area contributed by atoms with Gasteiger partial charge in [0.05, 0.1) is 12.3 Å². The molecule has 1 aromatic carbocycles. The van der Waals surface area contributed by atoms with Crippen LogP contribution in [0.2, 0.25) is 0 Å². The van der Waals surface area contributed by atoms with Gasteiger partial charge in [-0.1, -0.05) is 48.2 Å². The van der Waals surface area contributed by atoms with Crippen LogP contribution in [0.1, 0.15) is 4.88 Å². The summed E-state index contributed by atoms with van der Waals surface area (Å²) >= 11 is 3.07. The first-order valence-corrected chi connectivity index (χ1v) is 9.35. The normalized spacial score (nSPS) is 10.8. The highest BCUT2D eigenvalue weighted by atomic mass is 32.2. The van der Waals surface area contributed by atoms with Crippen molar-refractivity contribution in [3.63, 3.8) is 0 Å². The van der Waals surface area contributed by atoms with Gasteiger partial charge < -0.3 is 9.47 Å². The highest BCUT2D eigenvalue weighted by Gasteiger charge is 2.15. The maximum Gasteiger partial charge on any atom is 0.233 e. The summed E-state index contributed by atoms with van der Waals surface area (Å²) in [5.41, 5.74) is 1.01. The predicted molar refractivity (Wildman–Crippen MR) is 98.0 cm³/mol. The third-order valence-electron chi connectivity index (χ3n) is 3.59. The zero-order chi connectivity index (χ0) is 16.9. The highest BCUT2D eigenvalue weighted by Crippen LogP contribution is 2.22. The SMILES string of the molecule is CN(Cc1cccs1)C(=O)CSc1nnc(-c2ccccc2)n1C. The molecule has 3 rings (SSSR count). The summed E-state index contributed by atoms with van der Waals surface area (Å²) in [5.74, 6) is 1.23. The Morgan fingerprint density at radius 3 is 2.71 bits per heavy atom. The molecule has 3 aromatic rings. The van der Waals surface area contributed by atoms with E-state index >= 15 is 0 Å². The van der Waals surface area contributed by atoms with Gasteiger partial charge in [0.2, 0.25) is 5.91 Å². The monoisotopic (exact) mass is 358 g/mol. The number of amides is 1. The molecule has 7 heteroatoms. The number of thiophene rings is 1. The predicted octanol–water partition coefficient (Wildman–Crippen LogP) is 3.29. The Balaban J connectivity index is 1.61. The fourth-order valence-electron chi connectivity index (χ4n) is 2.24. The lowest BCUT2D eigenvalue weighted by Crippen LogP contribution is -2.27. The van der Waals surface area contributed by atoms with E-state index in [-0.39, 0.29) is 5.91 Å². The van der Waals surface area contributed by atoms with E-state index in [1.54, 1.807) is 16.2 Å². The molecule has 1 amide bonds. The number of hydrogen-bond donors (Lipinski definition) is 0. The van der Waals surface area contributed by atoms with Gasteiger partial charge in [-0.05, 0) is 11.4 Å². The Kier molecular flexibility index (Phi) is 5.32. The van der Waals surface area contributed by atoms with Crippen LogP contribution >= 0.6 is 23.1 Å². The standard InChI is InChI=1S/C17H18N4OS2/c1-20(11-14-9-6-10-23-14)15(22)12-24-17-19-18-16(21(17)2)13-7-4-3-5-8-13/h3-10H,11-12H2,1-2H3. The van der Waals surface area contributed by atoms with E-state index in [0.717, 1.165) is 16.5 Å². The summed E-state index contributed by atoms with van der Waals surface area (Å²) in [6.45, 7) is 0.644. The molecule has 5 nitrogen and oxygen atoms in total. The molecule has 0 radical (unpaired) electrons. The van der Waals surface area contributed by atoms with Crippen molar-refractivity contribution in [1.82, 2.24) is 19.7 Å². The zero-order valence-electron chi connectivity index (χ0n) is 13.5. The minimum absolute atomic E-state index is 0.0812. The summed E-state index contributed by atoms with van der Waals surface area (Å²) in [4.78, 5) is 15.2. The third kappa shape index (κ3) is 3.85. The molecule has 0 N–H and O–H groups in total. The van der Waals surface area contributed by atoms with Crippen LogP contribution in [0.25, 0.3) is 11.4 Å². The van der Waals surface area contributed by atoms with Crippen molar-refractivity contribution >= 4 is 29.0 Å². The topological polar surface area (TPSA) is 51.0 Å². The van der Waals surface area contributed by atoms with Gasteiger partial charge in [-0.3, -0.25) is 4.79 Å². The van der Waals surface area contributed by atoms with E-state index in [9.17, 15) is 4.79 Å². The number of nitrogens with zero attached hydrogens (tertiary/aromatic N) is 4. The zero-order valence-corrected chi connectivity index (χ0v) is 15.2. The number of carbonyl (C=O) groups excluding carboxylic acids is 1. The Bertz CT molecular complexity index is 799. The molecule has 0 aliphatic rings. The first-order valence-electron chi connectivity index (χ1n) is 7.49.